The monoisotopic (exact) mass is 414 g/mol. The fourth-order valence-corrected chi connectivity index (χ4v) is 4.45. The third-order valence-electron chi connectivity index (χ3n) is 6.21. The average Bonchev–Trinajstić information content (AvgIpc) is 3.26. The van der Waals surface area contributed by atoms with Crippen molar-refractivity contribution in [2.24, 2.45) is 0 Å². The molecule has 3 aromatic rings. The first-order valence-electron chi connectivity index (χ1n) is 11.0. The molecule has 3 aromatic carbocycles. The van der Waals surface area contributed by atoms with Gasteiger partial charge in [-0.2, -0.15) is 0 Å². The number of ether oxygens (including phenoxy) is 1. The van der Waals surface area contributed by atoms with E-state index in [9.17, 15) is 4.79 Å². The van der Waals surface area contributed by atoms with E-state index in [1.54, 1.807) is 4.90 Å². The van der Waals surface area contributed by atoms with Gasteiger partial charge in [-0.05, 0) is 35.9 Å². The summed E-state index contributed by atoms with van der Waals surface area (Å²) in [5.41, 5.74) is 4.51. The molecule has 5 nitrogen and oxygen atoms in total. The van der Waals surface area contributed by atoms with Crippen LogP contribution in [0.2, 0.25) is 0 Å². The number of fused-ring (bicyclic) bond motifs is 1. The number of benzene rings is 3. The Morgan fingerprint density at radius 3 is 2.39 bits per heavy atom. The minimum absolute atomic E-state index is 0.0953. The van der Waals surface area contributed by atoms with Crippen molar-refractivity contribution < 1.29 is 14.4 Å². The minimum Gasteiger partial charge on any atom is -0.480 e. The molecule has 1 atom stereocenters. The Morgan fingerprint density at radius 2 is 1.65 bits per heavy atom. The van der Waals surface area contributed by atoms with Crippen LogP contribution in [0.25, 0.3) is 0 Å². The highest BCUT2D eigenvalue weighted by Crippen LogP contribution is 2.29. The van der Waals surface area contributed by atoms with Crippen molar-refractivity contribution in [1.82, 2.24) is 0 Å². The molecule has 0 spiro atoms. The van der Waals surface area contributed by atoms with Gasteiger partial charge in [0.1, 0.15) is 12.3 Å². The SMILES string of the molecule is O=C(Nc1ccc(N2CC[NH+](Cc3ccccc3)CC2)cc1)[C@@H]1Cc2ccccc2O1. The third-order valence-corrected chi connectivity index (χ3v) is 6.21. The molecule has 0 bridgehead atoms. The van der Waals surface area contributed by atoms with Crippen LogP contribution in [-0.4, -0.2) is 38.2 Å². The molecule has 2 aliphatic heterocycles. The van der Waals surface area contributed by atoms with Crippen LogP contribution in [0.5, 0.6) is 5.75 Å². The molecular weight excluding hydrogens is 386 g/mol. The highest BCUT2D eigenvalue weighted by molar-refractivity contribution is 5.95. The molecule has 0 aliphatic carbocycles. The van der Waals surface area contributed by atoms with Crippen LogP contribution >= 0.6 is 0 Å². The van der Waals surface area contributed by atoms with Crippen LogP contribution in [0.1, 0.15) is 11.1 Å². The third kappa shape index (κ3) is 4.57. The molecule has 31 heavy (non-hydrogen) atoms. The molecule has 1 saturated heterocycles. The van der Waals surface area contributed by atoms with Gasteiger partial charge in [-0.1, -0.05) is 48.5 Å². The molecule has 5 heteroatoms. The Morgan fingerprint density at radius 1 is 0.935 bits per heavy atom. The van der Waals surface area contributed by atoms with Crippen LogP contribution in [0.4, 0.5) is 11.4 Å². The second-order valence-electron chi connectivity index (χ2n) is 8.35. The predicted octanol–water partition coefficient (Wildman–Crippen LogP) is 2.53. The van der Waals surface area contributed by atoms with Gasteiger partial charge in [-0.3, -0.25) is 4.79 Å². The summed E-state index contributed by atoms with van der Waals surface area (Å²) in [6.07, 6.45) is 0.160. The molecule has 1 amide bonds. The molecule has 0 radical (unpaired) electrons. The van der Waals surface area contributed by atoms with Gasteiger partial charge in [-0.25, -0.2) is 0 Å². The number of carbonyl (C=O) groups is 1. The first-order valence-corrected chi connectivity index (χ1v) is 11.0. The van der Waals surface area contributed by atoms with Crippen LogP contribution in [-0.2, 0) is 17.8 Å². The van der Waals surface area contributed by atoms with Crippen LogP contribution in [0.3, 0.4) is 0 Å². The molecule has 2 heterocycles. The number of nitrogens with zero attached hydrogens (tertiary/aromatic N) is 1. The zero-order valence-electron chi connectivity index (χ0n) is 17.6. The summed E-state index contributed by atoms with van der Waals surface area (Å²) in [5.74, 6) is 0.716. The zero-order chi connectivity index (χ0) is 21.0. The van der Waals surface area contributed by atoms with Gasteiger partial charge in [0.15, 0.2) is 6.10 Å². The van der Waals surface area contributed by atoms with E-state index in [0.717, 1.165) is 49.7 Å². The lowest BCUT2D eigenvalue weighted by molar-refractivity contribution is -0.914. The number of quaternary nitrogens is 1. The Kier molecular flexibility index (Phi) is 5.59. The number of hydrogen-bond donors (Lipinski definition) is 2. The van der Waals surface area contributed by atoms with Crippen LogP contribution in [0.15, 0.2) is 78.9 Å². The summed E-state index contributed by atoms with van der Waals surface area (Å²) in [5, 5.41) is 3.00. The number of amides is 1. The van der Waals surface area contributed by atoms with Gasteiger partial charge in [0.05, 0.1) is 26.2 Å². The van der Waals surface area contributed by atoms with Gasteiger partial charge < -0.3 is 19.9 Å². The lowest BCUT2D eigenvalue weighted by Crippen LogP contribution is -3.13. The normalized spacial score (nSPS) is 18.3. The largest absolute Gasteiger partial charge is 0.480 e. The fourth-order valence-electron chi connectivity index (χ4n) is 4.45. The minimum atomic E-state index is -0.460. The van der Waals surface area contributed by atoms with Crippen molar-refractivity contribution >= 4 is 17.3 Å². The van der Waals surface area contributed by atoms with Crippen molar-refractivity contribution in [1.29, 1.82) is 0 Å². The number of rotatable bonds is 5. The maximum Gasteiger partial charge on any atom is 0.265 e. The van der Waals surface area contributed by atoms with Gasteiger partial charge >= 0.3 is 0 Å². The van der Waals surface area contributed by atoms with Crippen LogP contribution < -0.4 is 19.9 Å². The molecule has 0 aromatic heterocycles. The summed E-state index contributed by atoms with van der Waals surface area (Å²) in [4.78, 5) is 16.7. The Labute approximate surface area is 183 Å². The number of nitrogens with one attached hydrogen (secondary N) is 2. The second-order valence-corrected chi connectivity index (χ2v) is 8.35. The van der Waals surface area contributed by atoms with Crippen molar-refractivity contribution in [2.75, 3.05) is 36.4 Å². The second kappa shape index (κ2) is 8.82. The zero-order valence-corrected chi connectivity index (χ0v) is 17.6. The van der Waals surface area contributed by atoms with Gasteiger partial charge in [0.25, 0.3) is 5.91 Å². The van der Waals surface area contributed by atoms with E-state index in [0.29, 0.717) is 6.42 Å². The highest BCUT2D eigenvalue weighted by Gasteiger charge is 2.28. The standard InChI is InChI=1S/C26H27N3O2/c30-26(25-18-21-8-4-5-9-24(21)31-25)27-22-10-12-23(13-11-22)29-16-14-28(15-17-29)19-20-6-2-1-3-7-20/h1-13,25H,14-19H2,(H,27,30)/p+1/t25-/m0/s1. The lowest BCUT2D eigenvalue weighted by atomic mass is 10.1. The quantitative estimate of drug-likeness (QED) is 0.675. The molecule has 0 saturated carbocycles. The summed E-state index contributed by atoms with van der Waals surface area (Å²) in [6, 6.07) is 26.7. The molecule has 0 unspecified atom stereocenters. The lowest BCUT2D eigenvalue weighted by Gasteiger charge is -2.33. The number of anilines is 2. The number of hydrogen-bond acceptors (Lipinski definition) is 3. The van der Waals surface area contributed by atoms with Gasteiger partial charge in [-0.15, -0.1) is 0 Å². The first-order chi connectivity index (χ1) is 15.2. The number of para-hydroxylation sites is 1. The van der Waals surface area contributed by atoms with E-state index in [1.807, 2.05) is 36.4 Å². The highest BCUT2D eigenvalue weighted by atomic mass is 16.5. The van der Waals surface area contributed by atoms with E-state index in [-0.39, 0.29) is 5.91 Å². The predicted molar refractivity (Wildman–Crippen MR) is 123 cm³/mol. The molecule has 158 valence electrons. The van der Waals surface area contributed by atoms with E-state index < -0.39 is 6.10 Å². The molecule has 1 fully saturated rings. The first kappa shape index (κ1) is 19.6. The van der Waals surface area contributed by atoms with Crippen molar-refractivity contribution in [3.63, 3.8) is 0 Å². The molecule has 5 rings (SSSR count). The van der Waals surface area contributed by atoms with Crippen LogP contribution in [0, 0.1) is 0 Å². The molecule has 2 aliphatic rings. The smallest absolute Gasteiger partial charge is 0.265 e. The Balaban J connectivity index is 1.13. The van der Waals surface area contributed by atoms with E-state index in [1.165, 1.54) is 11.3 Å². The summed E-state index contributed by atoms with van der Waals surface area (Å²) in [7, 11) is 0. The van der Waals surface area contributed by atoms with Gasteiger partial charge in [0.2, 0.25) is 0 Å². The summed E-state index contributed by atoms with van der Waals surface area (Å²) in [6.45, 7) is 5.44. The van der Waals surface area contributed by atoms with Crippen molar-refractivity contribution in [2.45, 2.75) is 19.1 Å². The molecule has 2 N–H and O–H groups in total. The topological polar surface area (TPSA) is 46.0 Å². The molecular formula is C26H28N3O2+. The summed E-state index contributed by atoms with van der Waals surface area (Å²) < 4.78 is 5.79. The number of carbonyl (C=O) groups excluding carboxylic acids is 1. The number of piperazine rings is 1. The van der Waals surface area contributed by atoms with Crippen molar-refractivity contribution in [3.05, 3.63) is 90.0 Å². The maximum absolute atomic E-state index is 12.6. The average molecular weight is 415 g/mol. The van der Waals surface area contributed by atoms with E-state index in [4.69, 9.17) is 4.74 Å². The summed E-state index contributed by atoms with van der Waals surface area (Å²) >= 11 is 0. The fraction of sp³-hybridized carbons (Fsp3) is 0.269. The van der Waals surface area contributed by atoms with Gasteiger partial charge in [0, 0.05) is 23.4 Å². The van der Waals surface area contributed by atoms with E-state index >= 15 is 0 Å². The maximum atomic E-state index is 12.6. The Bertz CT molecular complexity index is 1000. The Hall–Kier alpha value is -3.31. The van der Waals surface area contributed by atoms with E-state index in [2.05, 4.69) is 52.7 Å². The van der Waals surface area contributed by atoms with Crippen molar-refractivity contribution in [3.8, 4) is 5.75 Å².